The minimum absolute atomic E-state index is 0.0319. The van der Waals surface area contributed by atoms with Crippen molar-refractivity contribution in [2.75, 3.05) is 0 Å². The van der Waals surface area contributed by atoms with Crippen LogP contribution in [0, 0.1) is 18.6 Å². The highest BCUT2D eigenvalue weighted by molar-refractivity contribution is 5.78. The first-order chi connectivity index (χ1) is 14.4. The maximum absolute atomic E-state index is 14.0. The number of fused-ring (bicyclic) bond motifs is 1. The van der Waals surface area contributed by atoms with Crippen LogP contribution in [0.1, 0.15) is 30.3 Å². The monoisotopic (exact) mass is 409 g/mol. The summed E-state index contributed by atoms with van der Waals surface area (Å²) in [6, 6.07) is 10.8. The van der Waals surface area contributed by atoms with E-state index in [4.69, 9.17) is 4.42 Å². The lowest BCUT2D eigenvalue weighted by Crippen LogP contribution is -2.40. The second kappa shape index (κ2) is 6.76. The van der Waals surface area contributed by atoms with E-state index in [-0.39, 0.29) is 23.5 Å². The van der Waals surface area contributed by atoms with E-state index < -0.39 is 22.9 Å². The van der Waals surface area contributed by atoms with Gasteiger partial charge in [-0.3, -0.25) is 13.9 Å². The van der Waals surface area contributed by atoms with Gasteiger partial charge in [-0.15, -0.1) is 0 Å². The minimum atomic E-state index is -1.13. The predicted molar refractivity (Wildman–Crippen MR) is 106 cm³/mol. The summed E-state index contributed by atoms with van der Waals surface area (Å²) in [5.41, 5.74) is 0.117. The van der Waals surface area contributed by atoms with Crippen molar-refractivity contribution < 1.29 is 13.2 Å². The Bertz CT molecular complexity index is 1400. The molecule has 0 spiro atoms. The first kappa shape index (κ1) is 18.5. The van der Waals surface area contributed by atoms with E-state index in [1.54, 1.807) is 6.92 Å². The Morgan fingerprint density at radius 3 is 2.50 bits per heavy atom. The molecule has 1 saturated carbocycles. The average Bonchev–Trinajstić information content (AvgIpc) is 3.50. The number of halogens is 2. The molecule has 0 unspecified atom stereocenters. The third-order valence-corrected chi connectivity index (χ3v) is 5.35. The molecule has 0 aliphatic heterocycles. The Morgan fingerprint density at radius 2 is 1.80 bits per heavy atom. The van der Waals surface area contributed by atoms with Gasteiger partial charge in [0.2, 0.25) is 5.89 Å². The molecule has 0 saturated heterocycles. The van der Waals surface area contributed by atoms with Crippen LogP contribution in [0.4, 0.5) is 8.78 Å². The molecule has 6 nitrogen and oxygen atoms in total. The molecule has 1 aliphatic carbocycles. The lowest BCUT2D eigenvalue weighted by molar-refractivity contribution is 0.508. The number of aryl methyl sites for hydroxylation is 1. The van der Waals surface area contributed by atoms with E-state index >= 15 is 0 Å². The maximum Gasteiger partial charge on any atom is 0.332 e. The van der Waals surface area contributed by atoms with Crippen molar-refractivity contribution in [2.24, 2.45) is 0 Å². The standard InChI is InChI=1S/C22H17F2N3O3/c1-12-18(25-20(30-12)13-5-3-2-4-6-13)11-26-19-10-17(24)16(23)9-15(19)21(28)27(22(26)29)14-7-8-14/h2-6,9-10,14H,7-8,11H2,1H3. The molecule has 2 heterocycles. The van der Waals surface area contributed by atoms with E-state index in [1.165, 1.54) is 4.57 Å². The number of nitrogens with zero attached hydrogens (tertiary/aromatic N) is 3. The smallest absolute Gasteiger partial charge is 0.332 e. The first-order valence-electron chi connectivity index (χ1n) is 9.60. The summed E-state index contributed by atoms with van der Waals surface area (Å²) in [6.07, 6.45) is 1.40. The molecule has 0 bridgehead atoms. The molecule has 4 aromatic rings. The molecular weight excluding hydrogens is 392 g/mol. The first-order valence-corrected chi connectivity index (χ1v) is 9.60. The summed E-state index contributed by atoms with van der Waals surface area (Å²) < 4.78 is 36.0. The van der Waals surface area contributed by atoms with Gasteiger partial charge in [-0.1, -0.05) is 18.2 Å². The summed E-state index contributed by atoms with van der Waals surface area (Å²) >= 11 is 0. The highest BCUT2D eigenvalue weighted by Gasteiger charge is 2.29. The number of hydrogen-bond donors (Lipinski definition) is 0. The van der Waals surface area contributed by atoms with E-state index in [2.05, 4.69) is 4.98 Å². The molecule has 8 heteroatoms. The summed E-state index contributed by atoms with van der Waals surface area (Å²) in [4.78, 5) is 30.4. The molecule has 1 fully saturated rings. The van der Waals surface area contributed by atoms with E-state index in [1.807, 2.05) is 30.3 Å². The molecular formula is C22H17F2N3O3. The summed E-state index contributed by atoms with van der Waals surface area (Å²) in [7, 11) is 0. The summed E-state index contributed by atoms with van der Waals surface area (Å²) in [5.74, 6) is -1.36. The highest BCUT2D eigenvalue weighted by atomic mass is 19.2. The zero-order valence-corrected chi connectivity index (χ0v) is 16.1. The number of oxazole rings is 1. The van der Waals surface area contributed by atoms with Gasteiger partial charge in [0.1, 0.15) is 11.5 Å². The van der Waals surface area contributed by atoms with E-state index in [0.717, 1.165) is 22.3 Å². The topological polar surface area (TPSA) is 70.0 Å². The van der Waals surface area contributed by atoms with Crippen molar-refractivity contribution >= 4 is 10.9 Å². The second-order valence-corrected chi connectivity index (χ2v) is 7.45. The number of rotatable bonds is 4. The second-order valence-electron chi connectivity index (χ2n) is 7.45. The maximum atomic E-state index is 14.0. The lowest BCUT2D eigenvalue weighted by Gasteiger charge is -2.13. The van der Waals surface area contributed by atoms with Crippen LogP contribution in [0.15, 0.2) is 56.5 Å². The van der Waals surface area contributed by atoms with Gasteiger partial charge >= 0.3 is 5.69 Å². The SMILES string of the molecule is Cc1oc(-c2ccccc2)nc1Cn1c(=O)n(C2CC2)c(=O)c2cc(F)c(F)cc21. The molecule has 0 radical (unpaired) electrons. The molecule has 1 aliphatic rings. The predicted octanol–water partition coefficient (Wildman–Crippen LogP) is 3.79. The Kier molecular flexibility index (Phi) is 4.16. The molecule has 2 aromatic carbocycles. The van der Waals surface area contributed by atoms with Crippen LogP contribution < -0.4 is 11.2 Å². The molecule has 0 atom stereocenters. The van der Waals surface area contributed by atoms with Gasteiger partial charge in [0.05, 0.1) is 17.4 Å². The van der Waals surface area contributed by atoms with Gasteiger partial charge < -0.3 is 4.42 Å². The van der Waals surface area contributed by atoms with Gasteiger partial charge in [-0.25, -0.2) is 18.6 Å². The van der Waals surface area contributed by atoms with Gasteiger partial charge in [-0.2, -0.15) is 0 Å². The molecule has 152 valence electrons. The van der Waals surface area contributed by atoms with Crippen molar-refractivity contribution in [3.05, 3.63) is 86.4 Å². The fourth-order valence-corrected chi connectivity index (χ4v) is 3.62. The van der Waals surface area contributed by atoms with Crippen molar-refractivity contribution in [3.63, 3.8) is 0 Å². The largest absolute Gasteiger partial charge is 0.441 e. The van der Waals surface area contributed by atoms with Crippen LogP contribution in [0.25, 0.3) is 22.4 Å². The zero-order chi connectivity index (χ0) is 21.0. The Morgan fingerprint density at radius 1 is 1.10 bits per heavy atom. The van der Waals surface area contributed by atoms with Crippen LogP contribution in [0.3, 0.4) is 0 Å². The fourth-order valence-electron chi connectivity index (χ4n) is 3.62. The number of hydrogen-bond acceptors (Lipinski definition) is 4. The molecule has 5 rings (SSSR count). The normalized spacial score (nSPS) is 13.8. The highest BCUT2D eigenvalue weighted by Crippen LogP contribution is 2.32. The van der Waals surface area contributed by atoms with E-state index in [9.17, 15) is 18.4 Å². The van der Waals surface area contributed by atoms with Gasteiger partial charge in [0, 0.05) is 17.7 Å². The van der Waals surface area contributed by atoms with Crippen molar-refractivity contribution in [2.45, 2.75) is 32.4 Å². The molecule has 30 heavy (non-hydrogen) atoms. The Labute approximate surface area is 169 Å². The van der Waals surface area contributed by atoms with Crippen LogP contribution >= 0.6 is 0 Å². The van der Waals surface area contributed by atoms with Gasteiger partial charge in [-0.05, 0) is 38.0 Å². The third kappa shape index (κ3) is 2.96. The number of aromatic nitrogens is 3. The van der Waals surface area contributed by atoms with Gasteiger partial charge in [0.25, 0.3) is 5.56 Å². The van der Waals surface area contributed by atoms with Crippen LogP contribution in [0.2, 0.25) is 0 Å². The summed E-state index contributed by atoms with van der Waals surface area (Å²) in [5, 5.41) is -0.0372. The van der Waals surface area contributed by atoms with Crippen molar-refractivity contribution in [3.8, 4) is 11.5 Å². The molecule has 2 aromatic heterocycles. The van der Waals surface area contributed by atoms with Gasteiger partial charge in [0.15, 0.2) is 11.6 Å². The third-order valence-electron chi connectivity index (χ3n) is 5.35. The average molecular weight is 409 g/mol. The van der Waals surface area contributed by atoms with Crippen molar-refractivity contribution in [1.29, 1.82) is 0 Å². The quantitative estimate of drug-likeness (QED) is 0.514. The Balaban J connectivity index is 1.70. The zero-order valence-electron chi connectivity index (χ0n) is 16.1. The summed E-state index contributed by atoms with van der Waals surface area (Å²) in [6.45, 7) is 1.69. The lowest BCUT2D eigenvalue weighted by atomic mass is 10.2. The van der Waals surface area contributed by atoms with Crippen molar-refractivity contribution in [1.82, 2.24) is 14.1 Å². The molecule has 0 amide bonds. The van der Waals surface area contributed by atoms with Crippen LogP contribution in [-0.2, 0) is 6.54 Å². The number of benzene rings is 2. The van der Waals surface area contributed by atoms with Crippen LogP contribution in [-0.4, -0.2) is 14.1 Å². The minimum Gasteiger partial charge on any atom is -0.441 e. The fraction of sp³-hybridized carbons (Fsp3) is 0.227. The molecule has 0 N–H and O–H groups in total. The Hall–Kier alpha value is -3.55. The van der Waals surface area contributed by atoms with E-state index in [0.29, 0.717) is 30.2 Å². The van der Waals surface area contributed by atoms with Crippen LogP contribution in [0.5, 0.6) is 0 Å².